The summed E-state index contributed by atoms with van der Waals surface area (Å²) in [6.45, 7) is 3.93. The number of carbonyl (C=O) groups excluding carboxylic acids is 1. The fourth-order valence-corrected chi connectivity index (χ4v) is 2.28. The summed E-state index contributed by atoms with van der Waals surface area (Å²) in [6, 6.07) is 13.1. The molecule has 0 aliphatic rings. The molecule has 0 spiro atoms. The Morgan fingerprint density at radius 2 is 2.04 bits per heavy atom. The van der Waals surface area contributed by atoms with Crippen LogP contribution in [0.4, 0.5) is 11.4 Å². The van der Waals surface area contributed by atoms with Gasteiger partial charge in [0.1, 0.15) is 12.4 Å². The highest BCUT2D eigenvalue weighted by Crippen LogP contribution is 2.23. The van der Waals surface area contributed by atoms with Crippen molar-refractivity contribution in [2.45, 2.75) is 0 Å². The van der Waals surface area contributed by atoms with Gasteiger partial charge in [0.2, 0.25) is 5.91 Å². The second-order valence-corrected chi connectivity index (χ2v) is 5.63. The highest BCUT2D eigenvalue weighted by molar-refractivity contribution is 7.80. The number of nitrogens with zero attached hydrogens (tertiary/aromatic N) is 1. The fourth-order valence-electron chi connectivity index (χ4n) is 2.07. The number of nitro groups is 1. The second kappa shape index (κ2) is 9.83. The Hall–Kier alpha value is -3.52. The summed E-state index contributed by atoms with van der Waals surface area (Å²) >= 11 is 5.13. The Balaban J connectivity index is 1.96. The number of rotatable bonds is 7. The lowest BCUT2D eigenvalue weighted by molar-refractivity contribution is -0.384. The molecule has 27 heavy (non-hydrogen) atoms. The van der Waals surface area contributed by atoms with E-state index in [1.807, 2.05) is 6.07 Å². The van der Waals surface area contributed by atoms with E-state index < -0.39 is 10.8 Å². The number of amides is 1. The van der Waals surface area contributed by atoms with Gasteiger partial charge in [0, 0.05) is 18.2 Å². The first-order valence-electron chi connectivity index (χ1n) is 7.87. The van der Waals surface area contributed by atoms with E-state index in [9.17, 15) is 14.9 Å². The smallest absolute Gasteiger partial charge is 0.270 e. The second-order valence-electron chi connectivity index (χ2n) is 5.22. The number of nitro benzene ring substituents is 1. The van der Waals surface area contributed by atoms with Gasteiger partial charge >= 0.3 is 0 Å². The molecule has 0 aliphatic heterocycles. The predicted octanol–water partition coefficient (Wildman–Crippen LogP) is 3.69. The summed E-state index contributed by atoms with van der Waals surface area (Å²) in [5, 5.41) is 16.3. The number of non-ortho nitro benzene ring substituents is 1. The van der Waals surface area contributed by atoms with Crippen LogP contribution >= 0.6 is 12.2 Å². The molecular weight excluding hydrogens is 366 g/mol. The zero-order chi connectivity index (χ0) is 19.6. The van der Waals surface area contributed by atoms with Gasteiger partial charge in [0.15, 0.2) is 5.11 Å². The summed E-state index contributed by atoms with van der Waals surface area (Å²) in [4.78, 5) is 22.3. The monoisotopic (exact) mass is 383 g/mol. The van der Waals surface area contributed by atoms with Gasteiger partial charge in [-0.3, -0.25) is 20.2 Å². The van der Waals surface area contributed by atoms with E-state index in [0.717, 1.165) is 0 Å². The van der Waals surface area contributed by atoms with Gasteiger partial charge in [0.25, 0.3) is 5.69 Å². The maximum Gasteiger partial charge on any atom is 0.270 e. The van der Waals surface area contributed by atoms with Crippen molar-refractivity contribution >= 4 is 40.7 Å². The predicted molar refractivity (Wildman–Crippen MR) is 109 cm³/mol. The molecule has 0 fully saturated rings. The van der Waals surface area contributed by atoms with Crippen molar-refractivity contribution in [3.8, 4) is 5.75 Å². The molecule has 0 bridgehead atoms. The minimum atomic E-state index is -0.498. The number of anilines is 1. The molecule has 1 amide bonds. The minimum Gasteiger partial charge on any atom is -0.487 e. The molecule has 0 heterocycles. The Morgan fingerprint density at radius 1 is 1.26 bits per heavy atom. The molecule has 2 aromatic carbocycles. The standard InChI is InChI=1S/C19H17N3O4S/c1-2-12-26-17-9-4-3-8-16(17)20-19(27)21-18(23)11-10-14-6-5-7-15(13-14)22(24)25/h2-11,13H,1,12H2,(H2,20,21,23,27)/b11-10+. The largest absolute Gasteiger partial charge is 0.487 e. The zero-order valence-corrected chi connectivity index (χ0v) is 15.1. The van der Waals surface area contributed by atoms with Gasteiger partial charge < -0.3 is 10.1 Å². The van der Waals surface area contributed by atoms with Crippen LogP contribution < -0.4 is 15.4 Å². The molecule has 0 saturated carbocycles. The van der Waals surface area contributed by atoms with Crippen molar-refractivity contribution in [3.63, 3.8) is 0 Å². The summed E-state index contributed by atoms with van der Waals surface area (Å²) < 4.78 is 5.51. The fraction of sp³-hybridized carbons (Fsp3) is 0.0526. The first kappa shape index (κ1) is 19.8. The van der Waals surface area contributed by atoms with E-state index in [1.165, 1.54) is 24.3 Å². The van der Waals surface area contributed by atoms with E-state index >= 15 is 0 Å². The minimum absolute atomic E-state index is 0.0501. The van der Waals surface area contributed by atoms with Crippen LogP contribution in [0.25, 0.3) is 6.08 Å². The van der Waals surface area contributed by atoms with Crippen molar-refractivity contribution in [2.24, 2.45) is 0 Å². The summed E-state index contributed by atoms with van der Waals surface area (Å²) in [5.74, 6) is 0.102. The van der Waals surface area contributed by atoms with Crippen LogP contribution in [0.5, 0.6) is 5.75 Å². The SMILES string of the molecule is C=CCOc1ccccc1NC(=S)NC(=O)/C=C/c1cccc([N+](=O)[O-])c1. The first-order chi connectivity index (χ1) is 13.0. The number of para-hydroxylation sites is 2. The Bertz CT molecular complexity index is 896. The Kier molecular flexibility index (Phi) is 7.21. The van der Waals surface area contributed by atoms with Gasteiger partial charge in [-0.1, -0.05) is 36.9 Å². The van der Waals surface area contributed by atoms with Crippen molar-refractivity contribution in [3.05, 3.63) is 82.9 Å². The van der Waals surface area contributed by atoms with Crippen molar-refractivity contribution in [1.82, 2.24) is 5.32 Å². The van der Waals surface area contributed by atoms with E-state index in [1.54, 1.807) is 36.4 Å². The summed E-state index contributed by atoms with van der Waals surface area (Å²) in [7, 11) is 0. The molecule has 138 valence electrons. The van der Waals surface area contributed by atoms with Crippen LogP contribution in [0.15, 0.2) is 67.3 Å². The van der Waals surface area contributed by atoms with Crippen molar-refractivity contribution in [1.29, 1.82) is 0 Å². The molecule has 2 N–H and O–H groups in total. The van der Waals surface area contributed by atoms with E-state index in [4.69, 9.17) is 17.0 Å². The van der Waals surface area contributed by atoms with E-state index in [-0.39, 0.29) is 10.8 Å². The topological polar surface area (TPSA) is 93.5 Å². The maximum atomic E-state index is 12.0. The van der Waals surface area contributed by atoms with Gasteiger partial charge in [-0.15, -0.1) is 0 Å². The number of hydrogen-bond donors (Lipinski definition) is 2. The van der Waals surface area contributed by atoms with Crippen LogP contribution in [0.2, 0.25) is 0 Å². The average molecular weight is 383 g/mol. The lowest BCUT2D eigenvalue weighted by atomic mass is 10.2. The number of thiocarbonyl (C=S) groups is 1. The molecule has 0 aromatic heterocycles. The highest BCUT2D eigenvalue weighted by atomic mass is 32.1. The normalized spacial score (nSPS) is 10.2. The van der Waals surface area contributed by atoms with Gasteiger partial charge in [-0.05, 0) is 36.0 Å². The molecule has 2 rings (SSSR count). The first-order valence-corrected chi connectivity index (χ1v) is 8.27. The number of hydrogen-bond acceptors (Lipinski definition) is 5. The van der Waals surface area contributed by atoms with Crippen molar-refractivity contribution in [2.75, 3.05) is 11.9 Å². The number of ether oxygens (including phenoxy) is 1. The molecule has 7 nitrogen and oxygen atoms in total. The number of nitrogens with one attached hydrogen (secondary N) is 2. The van der Waals surface area contributed by atoms with Crippen LogP contribution in [0, 0.1) is 10.1 Å². The van der Waals surface area contributed by atoms with Crippen LogP contribution in [0.3, 0.4) is 0 Å². The van der Waals surface area contributed by atoms with Gasteiger partial charge in [0.05, 0.1) is 10.6 Å². The molecular formula is C19H17N3O4S. The third-order valence-electron chi connectivity index (χ3n) is 3.24. The van der Waals surface area contributed by atoms with Crippen molar-refractivity contribution < 1.29 is 14.5 Å². The van der Waals surface area contributed by atoms with Crippen LogP contribution in [-0.4, -0.2) is 22.5 Å². The lowest BCUT2D eigenvalue weighted by Crippen LogP contribution is -2.32. The molecule has 0 unspecified atom stereocenters. The third kappa shape index (κ3) is 6.37. The molecule has 0 saturated heterocycles. The van der Waals surface area contributed by atoms with Gasteiger partial charge in [-0.25, -0.2) is 0 Å². The molecule has 2 aromatic rings. The zero-order valence-electron chi connectivity index (χ0n) is 14.3. The third-order valence-corrected chi connectivity index (χ3v) is 3.44. The van der Waals surface area contributed by atoms with E-state index in [2.05, 4.69) is 17.2 Å². The quantitative estimate of drug-likeness (QED) is 0.249. The van der Waals surface area contributed by atoms with Crippen LogP contribution in [-0.2, 0) is 4.79 Å². The Morgan fingerprint density at radius 3 is 2.78 bits per heavy atom. The molecule has 8 heteroatoms. The maximum absolute atomic E-state index is 12.0. The highest BCUT2D eigenvalue weighted by Gasteiger charge is 2.07. The number of benzene rings is 2. The summed E-state index contributed by atoms with van der Waals surface area (Å²) in [5.41, 5.74) is 1.08. The van der Waals surface area contributed by atoms with Gasteiger partial charge in [-0.2, -0.15) is 0 Å². The Labute approximate surface area is 161 Å². The van der Waals surface area contributed by atoms with E-state index in [0.29, 0.717) is 23.6 Å². The molecule has 0 radical (unpaired) electrons. The molecule has 0 atom stereocenters. The summed E-state index contributed by atoms with van der Waals surface area (Å²) in [6.07, 6.45) is 4.33. The average Bonchev–Trinajstić information content (AvgIpc) is 2.66. The number of carbonyl (C=O) groups is 1. The lowest BCUT2D eigenvalue weighted by Gasteiger charge is -2.12. The molecule has 0 aliphatic carbocycles. The van der Waals surface area contributed by atoms with Crippen LogP contribution in [0.1, 0.15) is 5.56 Å².